The van der Waals surface area contributed by atoms with Gasteiger partial charge in [-0.15, -0.1) is 0 Å². The van der Waals surface area contributed by atoms with Crippen LogP contribution in [0, 0.1) is 5.92 Å². The summed E-state index contributed by atoms with van der Waals surface area (Å²) in [4.78, 5) is 12.0. The van der Waals surface area contributed by atoms with Gasteiger partial charge in [0.25, 0.3) is 0 Å². The fourth-order valence-corrected chi connectivity index (χ4v) is 2.95. The predicted molar refractivity (Wildman–Crippen MR) is 74.0 cm³/mol. The number of carbonyl (C=O) groups is 1. The van der Waals surface area contributed by atoms with E-state index in [0.29, 0.717) is 6.54 Å². The molecule has 18 heavy (non-hydrogen) atoms. The Balaban J connectivity index is 1.90. The Kier molecular flexibility index (Phi) is 4.80. The molecule has 0 spiro atoms. The molecule has 5 heteroatoms. The lowest BCUT2D eigenvalue weighted by Gasteiger charge is -2.20. The number of amides is 1. The number of rotatable bonds is 4. The fraction of sp³-hybridized carbons (Fsp3) is 0.692. The number of aromatic nitrogens is 2. The molecule has 1 N–H and O–H groups in total. The van der Waals surface area contributed by atoms with Gasteiger partial charge in [0, 0.05) is 12.5 Å². The second-order valence-corrected chi connectivity index (χ2v) is 5.66. The molecule has 0 aliphatic heterocycles. The predicted octanol–water partition coefficient (Wildman–Crippen LogP) is 2.86. The Morgan fingerprint density at radius 1 is 1.50 bits per heavy atom. The average Bonchev–Trinajstić information content (AvgIpc) is 2.77. The van der Waals surface area contributed by atoms with Crippen molar-refractivity contribution in [3.8, 4) is 0 Å². The molecule has 0 radical (unpaired) electrons. The van der Waals surface area contributed by atoms with E-state index in [1.54, 1.807) is 6.20 Å². The quantitative estimate of drug-likeness (QED) is 0.929. The lowest BCUT2D eigenvalue weighted by atomic mass is 9.89. The zero-order chi connectivity index (χ0) is 13.0. The second kappa shape index (κ2) is 6.36. The molecule has 0 aromatic carbocycles. The van der Waals surface area contributed by atoms with E-state index in [9.17, 15) is 4.79 Å². The molecule has 0 bridgehead atoms. The maximum Gasteiger partial charge on any atom is 0.223 e. The zero-order valence-electron chi connectivity index (χ0n) is 10.8. The van der Waals surface area contributed by atoms with Gasteiger partial charge in [-0.2, -0.15) is 5.10 Å². The number of hydrogen-bond donors (Lipinski definition) is 1. The Bertz CT molecular complexity index is 410. The number of carbonyl (C=O) groups excluding carboxylic acids is 1. The van der Waals surface area contributed by atoms with E-state index >= 15 is 0 Å². The van der Waals surface area contributed by atoms with E-state index in [-0.39, 0.29) is 11.8 Å². The molecule has 2 rings (SSSR count). The highest BCUT2D eigenvalue weighted by Crippen LogP contribution is 2.24. The lowest BCUT2D eigenvalue weighted by Crippen LogP contribution is -2.32. The van der Waals surface area contributed by atoms with Crippen LogP contribution in [-0.2, 0) is 17.9 Å². The van der Waals surface area contributed by atoms with Crippen molar-refractivity contribution in [2.75, 3.05) is 0 Å². The van der Waals surface area contributed by atoms with Gasteiger partial charge < -0.3 is 5.32 Å². The monoisotopic (exact) mass is 313 g/mol. The maximum absolute atomic E-state index is 12.0. The molecular formula is C13H20BrN3O. The van der Waals surface area contributed by atoms with Crippen LogP contribution >= 0.6 is 15.9 Å². The van der Waals surface area contributed by atoms with E-state index in [0.717, 1.165) is 29.6 Å². The molecular weight excluding hydrogens is 294 g/mol. The molecule has 1 heterocycles. The van der Waals surface area contributed by atoms with E-state index in [2.05, 4.69) is 26.3 Å². The van der Waals surface area contributed by atoms with E-state index in [1.165, 1.54) is 19.3 Å². The molecule has 1 aromatic rings. The van der Waals surface area contributed by atoms with Crippen LogP contribution in [0.1, 0.15) is 44.7 Å². The summed E-state index contributed by atoms with van der Waals surface area (Å²) in [6, 6.07) is 0. The summed E-state index contributed by atoms with van der Waals surface area (Å²) in [6.45, 7) is 3.43. The van der Waals surface area contributed by atoms with Gasteiger partial charge >= 0.3 is 0 Å². The molecule has 0 unspecified atom stereocenters. The highest BCUT2D eigenvalue weighted by Gasteiger charge is 2.21. The molecule has 0 saturated heterocycles. The first kappa shape index (κ1) is 13.6. The van der Waals surface area contributed by atoms with Crippen molar-refractivity contribution in [3.63, 3.8) is 0 Å². The molecule has 100 valence electrons. The molecule has 1 fully saturated rings. The molecule has 1 aliphatic carbocycles. The van der Waals surface area contributed by atoms with Crippen LogP contribution in [0.25, 0.3) is 0 Å². The van der Waals surface area contributed by atoms with Crippen LogP contribution in [-0.4, -0.2) is 15.7 Å². The number of nitrogens with zero attached hydrogens (tertiary/aromatic N) is 2. The summed E-state index contributed by atoms with van der Waals surface area (Å²) >= 11 is 3.47. The smallest absolute Gasteiger partial charge is 0.223 e. The second-order valence-electron chi connectivity index (χ2n) is 4.81. The van der Waals surface area contributed by atoms with Crippen molar-refractivity contribution < 1.29 is 4.79 Å². The van der Waals surface area contributed by atoms with Crippen molar-refractivity contribution in [2.45, 2.75) is 52.1 Å². The Labute approximate surface area is 116 Å². The van der Waals surface area contributed by atoms with Crippen LogP contribution in [0.4, 0.5) is 0 Å². The Morgan fingerprint density at radius 3 is 2.89 bits per heavy atom. The normalized spacial score (nSPS) is 16.8. The van der Waals surface area contributed by atoms with Gasteiger partial charge in [0.15, 0.2) is 0 Å². The SMILES string of the molecule is CCn1ncc(Br)c1CNC(=O)C1CCCCC1. The van der Waals surface area contributed by atoms with Crippen LogP contribution in [0.15, 0.2) is 10.7 Å². The molecule has 4 nitrogen and oxygen atoms in total. The van der Waals surface area contributed by atoms with Crippen molar-refractivity contribution >= 4 is 21.8 Å². The third-order valence-corrected chi connectivity index (χ3v) is 4.27. The van der Waals surface area contributed by atoms with Gasteiger partial charge in [0.1, 0.15) is 0 Å². The minimum absolute atomic E-state index is 0.199. The summed E-state index contributed by atoms with van der Waals surface area (Å²) in [5.41, 5.74) is 1.04. The van der Waals surface area contributed by atoms with E-state index < -0.39 is 0 Å². The van der Waals surface area contributed by atoms with Crippen molar-refractivity contribution in [1.29, 1.82) is 0 Å². The Hall–Kier alpha value is -0.840. The van der Waals surface area contributed by atoms with Crippen molar-refractivity contribution in [1.82, 2.24) is 15.1 Å². The molecule has 1 amide bonds. The van der Waals surface area contributed by atoms with Gasteiger partial charge in [-0.25, -0.2) is 0 Å². The topological polar surface area (TPSA) is 46.9 Å². The first-order valence-electron chi connectivity index (χ1n) is 6.70. The molecule has 0 atom stereocenters. The minimum atomic E-state index is 0.199. The van der Waals surface area contributed by atoms with Crippen LogP contribution in [0.3, 0.4) is 0 Å². The highest BCUT2D eigenvalue weighted by molar-refractivity contribution is 9.10. The number of aryl methyl sites for hydroxylation is 1. The van der Waals surface area contributed by atoms with Crippen LogP contribution in [0.5, 0.6) is 0 Å². The molecule has 1 aliphatic rings. The number of nitrogens with one attached hydrogen (secondary N) is 1. The average molecular weight is 314 g/mol. The van der Waals surface area contributed by atoms with Gasteiger partial charge in [-0.3, -0.25) is 9.48 Å². The highest BCUT2D eigenvalue weighted by atomic mass is 79.9. The standard InChI is InChI=1S/C13H20BrN3O/c1-2-17-12(11(14)8-16-17)9-15-13(18)10-6-4-3-5-7-10/h8,10H,2-7,9H2,1H3,(H,15,18). The molecule has 1 saturated carbocycles. The van der Waals surface area contributed by atoms with Gasteiger partial charge in [0.05, 0.1) is 22.9 Å². The summed E-state index contributed by atoms with van der Waals surface area (Å²) in [5.74, 6) is 0.418. The van der Waals surface area contributed by atoms with Crippen molar-refractivity contribution in [3.05, 3.63) is 16.4 Å². The van der Waals surface area contributed by atoms with Gasteiger partial charge in [0.2, 0.25) is 5.91 Å². The van der Waals surface area contributed by atoms with Crippen LogP contribution < -0.4 is 5.32 Å². The number of halogens is 1. The minimum Gasteiger partial charge on any atom is -0.350 e. The van der Waals surface area contributed by atoms with Crippen molar-refractivity contribution in [2.24, 2.45) is 5.92 Å². The first-order valence-corrected chi connectivity index (χ1v) is 7.49. The number of hydrogen-bond acceptors (Lipinski definition) is 2. The third-order valence-electron chi connectivity index (χ3n) is 3.60. The Morgan fingerprint density at radius 2 is 2.22 bits per heavy atom. The summed E-state index contributed by atoms with van der Waals surface area (Å²) in [7, 11) is 0. The molecule has 1 aromatic heterocycles. The maximum atomic E-state index is 12.0. The van der Waals surface area contributed by atoms with E-state index in [4.69, 9.17) is 0 Å². The largest absolute Gasteiger partial charge is 0.350 e. The van der Waals surface area contributed by atoms with Gasteiger partial charge in [-0.1, -0.05) is 19.3 Å². The third kappa shape index (κ3) is 3.13. The summed E-state index contributed by atoms with van der Waals surface area (Å²) in [6.07, 6.45) is 7.52. The fourth-order valence-electron chi connectivity index (χ4n) is 2.52. The van der Waals surface area contributed by atoms with Crippen LogP contribution in [0.2, 0.25) is 0 Å². The first-order chi connectivity index (χ1) is 8.72. The summed E-state index contributed by atoms with van der Waals surface area (Å²) < 4.78 is 2.87. The summed E-state index contributed by atoms with van der Waals surface area (Å²) in [5, 5.41) is 7.28. The lowest BCUT2D eigenvalue weighted by molar-refractivity contribution is -0.126. The van der Waals surface area contributed by atoms with Gasteiger partial charge in [-0.05, 0) is 35.7 Å². The zero-order valence-corrected chi connectivity index (χ0v) is 12.4. The van der Waals surface area contributed by atoms with E-state index in [1.807, 2.05) is 11.6 Å².